The third kappa shape index (κ3) is 3.95. The molecule has 0 amide bonds. The number of benzene rings is 3. The lowest BCUT2D eigenvalue weighted by Crippen LogP contribution is -2.30. The van der Waals surface area contributed by atoms with Crippen molar-refractivity contribution in [2.75, 3.05) is 0 Å². The molecule has 0 fully saturated rings. The van der Waals surface area contributed by atoms with Crippen LogP contribution in [0.5, 0.6) is 0 Å². The molecule has 0 saturated carbocycles. The highest BCUT2D eigenvalue weighted by atomic mass is 35.5. The lowest BCUT2D eigenvalue weighted by molar-refractivity contribution is -0.384. The quantitative estimate of drug-likeness (QED) is 0.329. The monoisotopic (exact) mass is 454 g/mol. The second-order valence-electron chi connectivity index (χ2n) is 6.86. The minimum atomic E-state index is -4.32. The summed E-state index contributed by atoms with van der Waals surface area (Å²) in [7, 11) is -4.32. The second-order valence-corrected chi connectivity index (χ2v) is 9.08. The molecule has 3 aromatic carbocycles. The average molecular weight is 455 g/mol. The van der Waals surface area contributed by atoms with E-state index < -0.39 is 20.5 Å². The Hall–Kier alpha value is -3.49. The number of halogens is 1. The van der Waals surface area contributed by atoms with Crippen LogP contribution in [0, 0.1) is 10.1 Å². The maximum Gasteiger partial charge on any atom is 0.272 e. The number of rotatable bonds is 5. The Bertz CT molecular complexity index is 1460. The molecule has 0 saturated heterocycles. The third-order valence-corrected chi connectivity index (χ3v) is 6.81. The Balaban J connectivity index is 1.97. The fraction of sp³-hybridized carbons (Fsp3) is 0.0455. The molecule has 31 heavy (non-hydrogen) atoms. The lowest BCUT2D eigenvalue weighted by Gasteiger charge is -2.15. The first-order valence-corrected chi connectivity index (χ1v) is 11.0. The van der Waals surface area contributed by atoms with Crippen LogP contribution in [0.3, 0.4) is 0 Å². The largest absolute Gasteiger partial charge is 0.272 e. The summed E-state index contributed by atoms with van der Waals surface area (Å²) >= 11 is 6.07. The van der Waals surface area contributed by atoms with E-state index in [9.17, 15) is 23.3 Å². The molecule has 0 N–H and O–H groups in total. The van der Waals surface area contributed by atoms with Crippen molar-refractivity contribution in [3.8, 4) is 0 Å². The molecule has 0 bridgehead atoms. The number of nitro groups is 1. The van der Waals surface area contributed by atoms with Gasteiger partial charge in [-0.25, -0.2) is 12.4 Å². The van der Waals surface area contributed by atoms with E-state index in [2.05, 4.69) is 0 Å². The van der Waals surface area contributed by atoms with Crippen molar-refractivity contribution in [2.24, 2.45) is 0 Å². The number of non-ortho nitro benzene ring substituents is 1. The molecule has 9 heteroatoms. The minimum Gasteiger partial charge on any atom is -0.268 e. The van der Waals surface area contributed by atoms with E-state index in [-0.39, 0.29) is 28.1 Å². The number of hydrogen-bond acceptors (Lipinski definition) is 5. The van der Waals surface area contributed by atoms with Gasteiger partial charge < -0.3 is 0 Å². The van der Waals surface area contributed by atoms with Crippen molar-refractivity contribution in [1.82, 2.24) is 3.97 Å². The molecule has 0 unspecified atom stereocenters. The van der Waals surface area contributed by atoms with Gasteiger partial charge in [-0.15, -0.1) is 0 Å². The first kappa shape index (κ1) is 20.8. The van der Waals surface area contributed by atoms with Crippen LogP contribution in [0.4, 0.5) is 5.69 Å². The Morgan fingerprint density at radius 1 is 0.935 bits per heavy atom. The molecule has 0 aliphatic heterocycles. The molecular formula is C22H15ClN2O5S. The van der Waals surface area contributed by atoms with Crippen molar-refractivity contribution in [1.29, 1.82) is 0 Å². The van der Waals surface area contributed by atoms with Crippen LogP contribution in [0.1, 0.15) is 11.3 Å². The van der Waals surface area contributed by atoms with Gasteiger partial charge in [-0.05, 0) is 47.3 Å². The summed E-state index contributed by atoms with van der Waals surface area (Å²) in [4.78, 5) is 23.3. The molecule has 0 aliphatic carbocycles. The minimum absolute atomic E-state index is 0.185. The molecule has 7 nitrogen and oxygen atoms in total. The summed E-state index contributed by atoms with van der Waals surface area (Å²) in [6, 6.07) is 19.8. The number of aromatic nitrogens is 1. The standard InChI is InChI=1S/C22H15ClN2O5S/c23-17-6-11-21-16(13-17)14-19(12-15-4-2-1-3-5-15)24(22(21)26)31(29,30)20-9-7-18(8-10-20)25(27)28/h1-11,13-14H,12H2. The van der Waals surface area contributed by atoms with Crippen LogP contribution in [0.2, 0.25) is 5.02 Å². The van der Waals surface area contributed by atoms with Crippen LogP contribution in [0.25, 0.3) is 10.8 Å². The summed E-state index contributed by atoms with van der Waals surface area (Å²) in [5, 5.41) is 12.1. The van der Waals surface area contributed by atoms with Crippen LogP contribution in [0.15, 0.2) is 88.6 Å². The van der Waals surface area contributed by atoms with Crippen molar-refractivity contribution >= 4 is 38.1 Å². The Morgan fingerprint density at radius 2 is 1.61 bits per heavy atom. The molecule has 156 valence electrons. The topological polar surface area (TPSA) is 99.3 Å². The molecule has 0 spiro atoms. The van der Waals surface area contributed by atoms with Crippen molar-refractivity contribution < 1.29 is 13.3 Å². The van der Waals surface area contributed by atoms with Crippen molar-refractivity contribution in [3.63, 3.8) is 0 Å². The highest BCUT2D eigenvalue weighted by Gasteiger charge is 2.24. The second kappa shape index (κ2) is 7.98. The van der Waals surface area contributed by atoms with E-state index >= 15 is 0 Å². The molecule has 1 heterocycles. The zero-order chi connectivity index (χ0) is 22.2. The van der Waals surface area contributed by atoms with E-state index in [4.69, 9.17) is 11.6 Å². The highest BCUT2D eigenvalue weighted by molar-refractivity contribution is 7.90. The van der Waals surface area contributed by atoms with E-state index in [0.29, 0.717) is 10.4 Å². The molecule has 0 aliphatic rings. The van der Waals surface area contributed by atoms with Crippen LogP contribution >= 0.6 is 11.6 Å². The average Bonchev–Trinajstić information content (AvgIpc) is 2.74. The zero-order valence-corrected chi connectivity index (χ0v) is 17.5. The Labute approximate surface area is 182 Å². The third-order valence-electron chi connectivity index (χ3n) is 4.83. The van der Waals surface area contributed by atoms with Gasteiger partial charge in [0.05, 0.1) is 9.82 Å². The SMILES string of the molecule is O=c1c2ccc(Cl)cc2cc(Cc2ccccc2)n1S(=O)(=O)c1ccc([N+](=O)[O-])cc1. The summed E-state index contributed by atoms with van der Waals surface area (Å²) in [6.45, 7) is 0. The summed E-state index contributed by atoms with van der Waals surface area (Å²) < 4.78 is 27.6. The highest BCUT2D eigenvalue weighted by Crippen LogP contribution is 2.24. The Morgan fingerprint density at radius 3 is 2.26 bits per heavy atom. The van der Waals surface area contributed by atoms with Gasteiger partial charge in [0.15, 0.2) is 0 Å². The van der Waals surface area contributed by atoms with Gasteiger partial charge in [0.2, 0.25) is 0 Å². The molecule has 1 aromatic heterocycles. The van der Waals surface area contributed by atoms with Gasteiger partial charge in [0.25, 0.3) is 21.3 Å². The summed E-state index contributed by atoms with van der Waals surface area (Å²) in [5.41, 5.74) is 0.114. The molecule has 0 radical (unpaired) electrons. The predicted molar refractivity (Wildman–Crippen MR) is 118 cm³/mol. The number of pyridine rings is 1. The van der Waals surface area contributed by atoms with Gasteiger partial charge >= 0.3 is 0 Å². The number of hydrogen-bond donors (Lipinski definition) is 0. The maximum atomic E-state index is 13.4. The first-order valence-electron chi connectivity index (χ1n) is 9.15. The normalized spacial score (nSPS) is 11.5. The van der Waals surface area contributed by atoms with E-state index in [0.717, 1.165) is 33.8 Å². The van der Waals surface area contributed by atoms with Gasteiger partial charge in [-0.3, -0.25) is 14.9 Å². The molecule has 4 rings (SSSR count). The van der Waals surface area contributed by atoms with Crippen LogP contribution in [-0.2, 0) is 16.4 Å². The van der Waals surface area contributed by atoms with Crippen molar-refractivity contribution in [2.45, 2.75) is 11.3 Å². The van der Waals surface area contributed by atoms with Gasteiger partial charge in [0.1, 0.15) is 0 Å². The smallest absolute Gasteiger partial charge is 0.268 e. The number of nitro benzene ring substituents is 1. The van der Waals surface area contributed by atoms with E-state index in [1.54, 1.807) is 12.1 Å². The lowest BCUT2D eigenvalue weighted by atomic mass is 10.1. The maximum absolute atomic E-state index is 13.4. The fourth-order valence-electron chi connectivity index (χ4n) is 3.36. The summed E-state index contributed by atoms with van der Waals surface area (Å²) in [6.07, 6.45) is 0.185. The fourth-order valence-corrected chi connectivity index (χ4v) is 4.98. The van der Waals surface area contributed by atoms with Crippen LogP contribution in [-0.4, -0.2) is 17.3 Å². The van der Waals surface area contributed by atoms with Gasteiger partial charge in [-0.2, -0.15) is 0 Å². The zero-order valence-electron chi connectivity index (χ0n) is 15.9. The van der Waals surface area contributed by atoms with E-state index in [1.165, 1.54) is 12.1 Å². The van der Waals surface area contributed by atoms with Crippen LogP contribution < -0.4 is 5.56 Å². The van der Waals surface area contributed by atoms with Gasteiger partial charge in [0, 0.05) is 34.7 Å². The Kier molecular flexibility index (Phi) is 5.34. The number of nitrogens with zero attached hydrogens (tertiary/aromatic N) is 2. The first-order chi connectivity index (χ1) is 14.8. The van der Waals surface area contributed by atoms with Gasteiger partial charge in [-0.1, -0.05) is 41.9 Å². The van der Waals surface area contributed by atoms with E-state index in [1.807, 2.05) is 30.3 Å². The van der Waals surface area contributed by atoms with Crippen molar-refractivity contribution in [3.05, 3.63) is 116 Å². The summed E-state index contributed by atoms with van der Waals surface area (Å²) in [5.74, 6) is 0. The molecule has 0 atom stereocenters. The predicted octanol–water partition coefficient (Wildman–Crippen LogP) is 4.39. The number of fused-ring (bicyclic) bond motifs is 1. The molecular weight excluding hydrogens is 440 g/mol. The molecule has 4 aromatic rings.